The Kier molecular flexibility index (Phi) is 6.97. The van der Waals surface area contributed by atoms with Gasteiger partial charge in [-0.1, -0.05) is 140 Å². The molecule has 0 saturated heterocycles. The van der Waals surface area contributed by atoms with Crippen molar-refractivity contribution in [1.82, 2.24) is 0 Å². The van der Waals surface area contributed by atoms with Gasteiger partial charge in [-0.05, 0) is 92.3 Å². The summed E-state index contributed by atoms with van der Waals surface area (Å²) in [5, 5.41) is 10.3. The number of benzene rings is 9. The third kappa shape index (κ3) is 4.97. The van der Waals surface area contributed by atoms with Crippen LogP contribution in [0.4, 0.5) is 17.1 Å². The molecule has 11 aromatic rings. The van der Waals surface area contributed by atoms with E-state index in [0.717, 1.165) is 11.4 Å². The van der Waals surface area contributed by atoms with Crippen LogP contribution in [0, 0.1) is 0 Å². The molecule has 2 aromatic heterocycles. The van der Waals surface area contributed by atoms with E-state index in [2.05, 4.69) is 193 Å². The molecule has 0 aliphatic carbocycles. The van der Waals surface area contributed by atoms with E-state index in [1.165, 1.54) is 89.8 Å². The number of anilines is 3. The third-order valence-corrected chi connectivity index (χ3v) is 13.0. The Morgan fingerprint density at radius 1 is 0.340 bits per heavy atom. The van der Waals surface area contributed by atoms with E-state index in [1.54, 1.807) is 0 Å². The SMILES string of the molecule is c1ccc(-c2ccc(N(c3ccc(-c4ccc5ccc6ccccc6c5c4)cc3)c3ccc4c(c3)sc3ccccc34)c3c2sc2ccccc23)cc1. The Hall–Kier alpha value is -6.26. The average Bonchev–Trinajstić information content (AvgIpc) is 3.80. The lowest BCUT2D eigenvalue weighted by Crippen LogP contribution is -2.10. The van der Waals surface area contributed by atoms with Crippen LogP contribution < -0.4 is 4.90 Å². The van der Waals surface area contributed by atoms with Crippen molar-refractivity contribution in [2.75, 3.05) is 4.90 Å². The first kappa shape index (κ1) is 30.4. The standard InChI is InChI=1S/C50H31NS2/c1-2-10-33(11-3-1)40-28-29-45(49-43-15-7-9-17-47(43)53-50(40)49)51(38-26-27-42-41-14-6-8-16-46(41)52-48(42)31-38)37-24-22-32(23-25-37)36-21-20-35-19-18-34-12-4-5-13-39(34)44(35)30-36/h1-31H. The predicted molar refractivity (Wildman–Crippen MR) is 233 cm³/mol. The highest BCUT2D eigenvalue weighted by atomic mass is 32.1. The lowest BCUT2D eigenvalue weighted by Gasteiger charge is -2.27. The minimum atomic E-state index is 1.13. The molecule has 0 atom stereocenters. The van der Waals surface area contributed by atoms with Gasteiger partial charge in [-0.25, -0.2) is 0 Å². The summed E-state index contributed by atoms with van der Waals surface area (Å²) in [5.41, 5.74) is 8.39. The zero-order valence-electron chi connectivity index (χ0n) is 28.7. The van der Waals surface area contributed by atoms with E-state index < -0.39 is 0 Å². The molecule has 53 heavy (non-hydrogen) atoms. The number of thiophene rings is 2. The van der Waals surface area contributed by atoms with Crippen molar-refractivity contribution in [3.8, 4) is 22.3 Å². The normalized spacial score (nSPS) is 11.8. The van der Waals surface area contributed by atoms with Crippen molar-refractivity contribution in [3.63, 3.8) is 0 Å². The van der Waals surface area contributed by atoms with Gasteiger partial charge in [0.15, 0.2) is 0 Å². The van der Waals surface area contributed by atoms with Gasteiger partial charge in [0.1, 0.15) is 0 Å². The molecule has 248 valence electrons. The minimum absolute atomic E-state index is 1.13. The fourth-order valence-electron chi connectivity index (χ4n) is 8.11. The second kappa shape index (κ2) is 12.2. The molecular formula is C50H31NS2. The predicted octanol–water partition coefficient (Wildman–Crippen LogP) is 15.5. The van der Waals surface area contributed by atoms with Gasteiger partial charge in [0.05, 0.1) is 5.69 Å². The lowest BCUT2D eigenvalue weighted by molar-refractivity contribution is 1.31. The van der Waals surface area contributed by atoms with Crippen molar-refractivity contribution >= 4 is 102 Å². The van der Waals surface area contributed by atoms with Crippen molar-refractivity contribution < 1.29 is 0 Å². The fourth-order valence-corrected chi connectivity index (χ4v) is 10.5. The molecule has 0 spiro atoms. The van der Waals surface area contributed by atoms with Crippen LogP contribution in [-0.2, 0) is 0 Å². The van der Waals surface area contributed by atoms with Gasteiger partial charge >= 0.3 is 0 Å². The molecule has 0 amide bonds. The van der Waals surface area contributed by atoms with E-state index >= 15 is 0 Å². The van der Waals surface area contributed by atoms with Crippen molar-refractivity contribution in [2.45, 2.75) is 0 Å². The van der Waals surface area contributed by atoms with Gasteiger partial charge in [-0.2, -0.15) is 0 Å². The number of nitrogens with zero attached hydrogens (tertiary/aromatic N) is 1. The van der Waals surface area contributed by atoms with Crippen LogP contribution in [0.25, 0.3) is 84.1 Å². The van der Waals surface area contributed by atoms with Crippen molar-refractivity contribution in [1.29, 1.82) is 0 Å². The smallest absolute Gasteiger partial charge is 0.0555 e. The van der Waals surface area contributed by atoms with Crippen LogP contribution in [0.2, 0.25) is 0 Å². The zero-order valence-corrected chi connectivity index (χ0v) is 30.3. The summed E-state index contributed by atoms with van der Waals surface area (Å²) in [6, 6.07) is 69.2. The van der Waals surface area contributed by atoms with Gasteiger partial charge < -0.3 is 4.90 Å². The summed E-state index contributed by atoms with van der Waals surface area (Å²) in [6.45, 7) is 0. The molecular weight excluding hydrogens is 679 g/mol. The highest BCUT2D eigenvalue weighted by Crippen LogP contribution is 2.49. The molecule has 0 radical (unpaired) electrons. The first-order valence-electron chi connectivity index (χ1n) is 18.0. The Labute approximate surface area is 315 Å². The highest BCUT2D eigenvalue weighted by molar-refractivity contribution is 7.26. The van der Waals surface area contributed by atoms with Gasteiger partial charge in [-0.15, -0.1) is 22.7 Å². The van der Waals surface area contributed by atoms with Crippen LogP contribution in [0.3, 0.4) is 0 Å². The molecule has 0 fully saturated rings. The Bertz CT molecular complexity index is 3170. The second-order valence-electron chi connectivity index (χ2n) is 13.7. The zero-order chi connectivity index (χ0) is 34.9. The summed E-state index contributed by atoms with van der Waals surface area (Å²) >= 11 is 3.76. The van der Waals surface area contributed by atoms with Gasteiger partial charge in [0.2, 0.25) is 0 Å². The quantitative estimate of drug-likeness (QED) is 0.161. The van der Waals surface area contributed by atoms with Gasteiger partial charge in [0.25, 0.3) is 0 Å². The minimum Gasteiger partial charge on any atom is -0.310 e. The van der Waals surface area contributed by atoms with E-state index in [0.29, 0.717) is 0 Å². The molecule has 2 heterocycles. The summed E-state index contributed by atoms with van der Waals surface area (Å²) in [4.78, 5) is 2.47. The van der Waals surface area contributed by atoms with Crippen LogP contribution in [0.1, 0.15) is 0 Å². The van der Waals surface area contributed by atoms with Crippen LogP contribution in [0.15, 0.2) is 188 Å². The van der Waals surface area contributed by atoms with Crippen LogP contribution in [-0.4, -0.2) is 0 Å². The molecule has 0 aliphatic rings. The number of hydrogen-bond acceptors (Lipinski definition) is 3. The molecule has 0 N–H and O–H groups in total. The van der Waals surface area contributed by atoms with Gasteiger partial charge in [0, 0.05) is 51.7 Å². The van der Waals surface area contributed by atoms with E-state index in [-0.39, 0.29) is 0 Å². The largest absolute Gasteiger partial charge is 0.310 e. The Morgan fingerprint density at radius 2 is 0.962 bits per heavy atom. The maximum Gasteiger partial charge on any atom is 0.0555 e. The highest BCUT2D eigenvalue weighted by Gasteiger charge is 2.22. The monoisotopic (exact) mass is 709 g/mol. The number of fused-ring (bicyclic) bond motifs is 9. The number of rotatable bonds is 5. The summed E-state index contributed by atoms with van der Waals surface area (Å²) < 4.78 is 5.22. The second-order valence-corrected chi connectivity index (χ2v) is 15.8. The first-order valence-corrected chi connectivity index (χ1v) is 19.6. The lowest BCUT2D eigenvalue weighted by atomic mass is 9.97. The fraction of sp³-hybridized carbons (Fsp3) is 0. The molecule has 3 heteroatoms. The van der Waals surface area contributed by atoms with E-state index in [1.807, 2.05) is 22.7 Å². The topological polar surface area (TPSA) is 3.24 Å². The van der Waals surface area contributed by atoms with Crippen LogP contribution in [0.5, 0.6) is 0 Å². The molecule has 0 aliphatic heterocycles. The Balaban J connectivity index is 1.12. The molecule has 11 rings (SSSR count). The molecule has 0 bridgehead atoms. The van der Waals surface area contributed by atoms with E-state index in [4.69, 9.17) is 0 Å². The summed E-state index contributed by atoms with van der Waals surface area (Å²) in [7, 11) is 0. The maximum atomic E-state index is 2.47. The van der Waals surface area contributed by atoms with Gasteiger partial charge in [-0.3, -0.25) is 0 Å². The number of hydrogen-bond donors (Lipinski definition) is 0. The van der Waals surface area contributed by atoms with Crippen LogP contribution >= 0.6 is 22.7 Å². The van der Waals surface area contributed by atoms with E-state index in [9.17, 15) is 0 Å². The molecule has 0 saturated carbocycles. The molecule has 1 nitrogen and oxygen atoms in total. The summed E-state index contributed by atoms with van der Waals surface area (Å²) in [5.74, 6) is 0. The average molecular weight is 710 g/mol. The maximum absolute atomic E-state index is 2.47. The third-order valence-electron chi connectivity index (χ3n) is 10.7. The Morgan fingerprint density at radius 3 is 1.79 bits per heavy atom. The first-order chi connectivity index (χ1) is 26.3. The molecule has 0 unspecified atom stereocenters. The molecule has 9 aromatic carbocycles. The van der Waals surface area contributed by atoms with Crippen molar-refractivity contribution in [3.05, 3.63) is 188 Å². The van der Waals surface area contributed by atoms with Crippen molar-refractivity contribution in [2.24, 2.45) is 0 Å². The summed E-state index contributed by atoms with van der Waals surface area (Å²) in [6.07, 6.45) is 0.